The van der Waals surface area contributed by atoms with E-state index in [9.17, 15) is 0 Å². The van der Waals surface area contributed by atoms with Gasteiger partial charge >= 0.3 is 0 Å². The second-order valence-corrected chi connectivity index (χ2v) is 6.30. The smallest absolute Gasteiger partial charge is 0.197 e. The first-order valence-corrected chi connectivity index (χ1v) is 7.54. The van der Waals surface area contributed by atoms with Crippen molar-refractivity contribution in [3.8, 4) is 0 Å². The Morgan fingerprint density at radius 1 is 1.10 bits per heavy atom. The minimum Gasteiger partial charge on any atom is -0.197 e. The minimum absolute atomic E-state index is 0.510. The quantitative estimate of drug-likeness (QED) is 0.673. The first-order valence-electron chi connectivity index (χ1n) is 7.54. The van der Waals surface area contributed by atoms with E-state index < -0.39 is 0 Å². The summed E-state index contributed by atoms with van der Waals surface area (Å²) >= 11 is 0. The molecular formula is C19H20N+. The van der Waals surface area contributed by atoms with E-state index in [2.05, 4.69) is 73.2 Å². The number of allylic oxidation sites excluding steroid dienone is 5. The van der Waals surface area contributed by atoms with Gasteiger partial charge in [0.1, 0.15) is 0 Å². The Hall–Kier alpha value is -1.89. The van der Waals surface area contributed by atoms with Crippen LogP contribution in [0.5, 0.6) is 0 Å². The van der Waals surface area contributed by atoms with Gasteiger partial charge in [-0.3, -0.25) is 0 Å². The lowest BCUT2D eigenvalue weighted by Crippen LogP contribution is -2.29. The first-order chi connectivity index (χ1) is 9.74. The van der Waals surface area contributed by atoms with Crippen molar-refractivity contribution in [3.05, 3.63) is 71.5 Å². The van der Waals surface area contributed by atoms with Gasteiger partial charge in [-0.15, -0.1) is 0 Å². The van der Waals surface area contributed by atoms with Gasteiger partial charge in [-0.25, -0.2) is 0 Å². The molecule has 100 valence electrons. The summed E-state index contributed by atoms with van der Waals surface area (Å²) in [6.45, 7) is 5.56. The maximum Gasteiger partial charge on any atom is 0.197 e. The molecule has 20 heavy (non-hydrogen) atoms. The Kier molecular flexibility index (Phi) is 2.56. The molecule has 0 bridgehead atoms. The molecule has 1 aliphatic carbocycles. The number of benzene rings is 1. The summed E-state index contributed by atoms with van der Waals surface area (Å²) in [5, 5.41) is 0. The van der Waals surface area contributed by atoms with Gasteiger partial charge in [-0.05, 0) is 29.7 Å². The molecule has 0 amide bonds. The number of rotatable bonds is 1. The fourth-order valence-corrected chi connectivity index (χ4v) is 3.57. The highest BCUT2D eigenvalue weighted by molar-refractivity contribution is 6.03. The lowest BCUT2D eigenvalue weighted by atomic mass is 9.80. The van der Waals surface area contributed by atoms with Crippen molar-refractivity contribution in [2.75, 3.05) is 0 Å². The van der Waals surface area contributed by atoms with E-state index >= 15 is 0 Å². The van der Waals surface area contributed by atoms with Crippen LogP contribution in [0.3, 0.4) is 0 Å². The molecule has 2 atom stereocenters. The Morgan fingerprint density at radius 3 is 2.80 bits per heavy atom. The van der Waals surface area contributed by atoms with Gasteiger partial charge in [0.15, 0.2) is 18.5 Å². The van der Waals surface area contributed by atoms with Crippen LogP contribution in [-0.4, -0.2) is 10.3 Å². The van der Waals surface area contributed by atoms with Crippen molar-refractivity contribution in [2.24, 2.45) is 11.8 Å². The lowest BCUT2D eigenvalue weighted by molar-refractivity contribution is -0.473. The molecule has 2 unspecified atom stereocenters. The summed E-state index contributed by atoms with van der Waals surface area (Å²) < 4.78 is 2.43. The summed E-state index contributed by atoms with van der Waals surface area (Å²) in [5.41, 5.74) is 5.88. The SMILES string of the molecule is CC(C)c1ccc2c(c1)C[N+]1=C2C2C=CC=CC2C=C1. The molecule has 1 aromatic rings. The molecule has 3 aliphatic rings. The first kappa shape index (κ1) is 11.9. The molecule has 0 radical (unpaired) electrons. The number of fused-ring (bicyclic) bond motifs is 4. The van der Waals surface area contributed by atoms with Crippen molar-refractivity contribution in [2.45, 2.75) is 26.3 Å². The third-order valence-electron chi connectivity index (χ3n) is 4.70. The molecule has 1 heteroatoms. The molecular weight excluding hydrogens is 242 g/mol. The monoisotopic (exact) mass is 262 g/mol. The van der Waals surface area contributed by atoms with E-state index in [-0.39, 0.29) is 0 Å². The highest BCUT2D eigenvalue weighted by Gasteiger charge is 2.39. The van der Waals surface area contributed by atoms with Crippen LogP contribution >= 0.6 is 0 Å². The van der Waals surface area contributed by atoms with Crippen LogP contribution in [0.25, 0.3) is 0 Å². The molecule has 0 aromatic heterocycles. The van der Waals surface area contributed by atoms with Crippen molar-refractivity contribution in [3.63, 3.8) is 0 Å². The highest BCUT2D eigenvalue weighted by atomic mass is 15.0. The van der Waals surface area contributed by atoms with Gasteiger partial charge in [0.2, 0.25) is 0 Å². The van der Waals surface area contributed by atoms with Crippen LogP contribution < -0.4 is 0 Å². The second-order valence-electron chi connectivity index (χ2n) is 6.30. The normalized spacial score (nSPS) is 25.9. The van der Waals surface area contributed by atoms with Crippen molar-refractivity contribution in [1.82, 2.24) is 0 Å². The van der Waals surface area contributed by atoms with E-state index in [1.807, 2.05) is 0 Å². The Labute approximate surface area is 120 Å². The van der Waals surface area contributed by atoms with E-state index in [0.29, 0.717) is 17.8 Å². The fraction of sp³-hybridized carbons (Fsp3) is 0.316. The maximum absolute atomic E-state index is 2.43. The molecule has 0 fully saturated rings. The van der Waals surface area contributed by atoms with Gasteiger partial charge in [0, 0.05) is 11.5 Å². The van der Waals surface area contributed by atoms with Crippen LogP contribution in [0.2, 0.25) is 0 Å². The molecule has 2 aliphatic heterocycles. The predicted octanol–water partition coefficient (Wildman–Crippen LogP) is 4.01. The molecule has 0 saturated carbocycles. The van der Waals surface area contributed by atoms with Crippen molar-refractivity contribution >= 4 is 5.71 Å². The Bertz CT molecular complexity index is 686. The third-order valence-corrected chi connectivity index (χ3v) is 4.70. The van der Waals surface area contributed by atoms with Crippen LogP contribution in [-0.2, 0) is 6.54 Å². The third kappa shape index (κ3) is 1.66. The molecule has 4 rings (SSSR count). The second kappa shape index (κ2) is 4.31. The zero-order valence-electron chi connectivity index (χ0n) is 12.1. The van der Waals surface area contributed by atoms with Crippen LogP contribution in [0.1, 0.15) is 36.5 Å². The van der Waals surface area contributed by atoms with Crippen LogP contribution in [0.4, 0.5) is 0 Å². The Balaban J connectivity index is 1.80. The standard InChI is InChI=1S/C19H20N/c1-13(2)15-7-8-18-16(11-15)12-20-10-9-14-5-3-4-6-17(14)19(18)20/h3-11,13-14,17H,12H2,1-2H3/q+1. The van der Waals surface area contributed by atoms with Gasteiger partial charge in [0.05, 0.1) is 11.5 Å². The number of hydrogen-bond acceptors (Lipinski definition) is 0. The van der Waals surface area contributed by atoms with Crippen molar-refractivity contribution in [1.29, 1.82) is 0 Å². The largest absolute Gasteiger partial charge is 0.197 e. The van der Waals surface area contributed by atoms with Gasteiger partial charge in [0.25, 0.3) is 0 Å². The minimum atomic E-state index is 0.510. The number of nitrogens with zero attached hydrogens (tertiary/aromatic N) is 1. The molecule has 1 nitrogen and oxygen atoms in total. The molecule has 0 saturated heterocycles. The topological polar surface area (TPSA) is 3.01 Å². The Morgan fingerprint density at radius 2 is 1.95 bits per heavy atom. The highest BCUT2D eigenvalue weighted by Crippen LogP contribution is 2.34. The van der Waals surface area contributed by atoms with Crippen LogP contribution in [0.15, 0.2) is 54.8 Å². The predicted molar refractivity (Wildman–Crippen MR) is 83.0 cm³/mol. The lowest BCUT2D eigenvalue weighted by Gasteiger charge is -2.22. The molecule has 2 heterocycles. The van der Waals surface area contributed by atoms with E-state index in [1.54, 1.807) is 0 Å². The molecule has 0 spiro atoms. The zero-order valence-corrected chi connectivity index (χ0v) is 12.1. The van der Waals surface area contributed by atoms with Gasteiger partial charge in [-0.2, -0.15) is 4.58 Å². The average Bonchev–Trinajstić information content (AvgIpc) is 2.85. The van der Waals surface area contributed by atoms with E-state index in [4.69, 9.17) is 0 Å². The van der Waals surface area contributed by atoms with E-state index in [0.717, 1.165) is 6.54 Å². The summed E-state index contributed by atoms with van der Waals surface area (Å²) in [6.07, 6.45) is 13.6. The van der Waals surface area contributed by atoms with E-state index in [1.165, 1.54) is 22.4 Å². The summed E-state index contributed by atoms with van der Waals surface area (Å²) in [6, 6.07) is 7.04. The maximum atomic E-state index is 2.43. The molecule has 0 N–H and O–H groups in total. The van der Waals surface area contributed by atoms with Crippen molar-refractivity contribution < 1.29 is 4.58 Å². The molecule has 1 aromatic carbocycles. The summed E-state index contributed by atoms with van der Waals surface area (Å²) in [5.74, 6) is 1.64. The average molecular weight is 262 g/mol. The van der Waals surface area contributed by atoms with Gasteiger partial charge in [-0.1, -0.05) is 44.2 Å². The zero-order chi connectivity index (χ0) is 13.7. The fourth-order valence-electron chi connectivity index (χ4n) is 3.57. The summed E-state index contributed by atoms with van der Waals surface area (Å²) in [7, 11) is 0. The summed E-state index contributed by atoms with van der Waals surface area (Å²) in [4.78, 5) is 0. The van der Waals surface area contributed by atoms with Crippen LogP contribution in [0, 0.1) is 11.8 Å². The van der Waals surface area contributed by atoms with Gasteiger partial charge < -0.3 is 0 Å². The number of hydrogen-bond donors (Lipinski definition) is 0.